The van der Waals surface area contributed by atoms with E-state index in [9.17, 15) is 13.2 Å². The number of nitrogens with zero attached hydrogens (tertiary/aromatic N) is 2. The van der Waals surface area contributed by atoms with E-state index in [1.807, 2.05) is 35.2 Å². The van der Waals surface area contributed by atoms with Crippen LogP contribution in [0.15, 0.2) is 83.8 Å². The molecule has 3 saturated heterocycles. The van der Waals surface area contributed by atoms with Crippen molar-refractivity contribution in [2.75, 3.05) is 24.5 Å². The molecule has 3 fully saturated rings. The van der Waals surface area contributed by atoms with Gasteiger partial charge in [0.25, 0.3) is 5.91 Å². The number of benzene rings is 3. The summed E-state index contributed by atoms with van der Waals surface area (Å²) in [6.07, 6.45) is 2.23. The van der Waals surface area contributed by atoms with Crippen LogP contribution in [0.4, 0.5) is 5.69 Å². The maximum absolute atomic E-state index is 13.7. The molecule has 0 unspecified atom stereocenters. The number of amides is 1. The topological polar surface area (TPSA) is 92.9 Å². The third kappa shape index (κ3) is 4.70. The van der Waals surface area contributed by atoms with E-state index in [1.54, 1.807) is 36.4 Å². The highest BCUT2D eigenvalue weighted by atomic mass is 32.2. The summed E-state index contributed by atoms with van der Waals surface area (Å²) in [6.45, 7) is 3.11. The van der Waals surface area contributed by atoms with E-state index in [4.69, 9.17) is 9.88 Å². The van der Waals surface area contributed by atoms with Crippen molar-refractivity contribution in [1.82, 2.24) is 4.90 Å². The van der Waals surface area contributed by atoms with Crippen molar-refractivity contribution in [2.45, 2.75) is 23.8 Å². The van der Waals surface area contributed by atoms with Crippen molar-refractivity contribution in [3.63, 3.8) is 0 Å². The second kappa shape index (κ2) is 9.21. The molecule has 3 aliphatic heterocycles. The van der Waals surface area contributed by atoms with Gasteiger partial charge in [0, 0.05) is 23.9 Å². The smallest absolute Gasteiger partial charge is 0.258 e. The van der Waals surface area contributed by atoms with Crippen molar-refractivity contribution in [2.24, 2.45) is 11.1 Å². The molecule has 1 atom stereocenters. The van der Waals surface area contributed by atoms with E-state index in [0.29, 0.717) is 23.0 Å². The molecule has 34 heavy (non-hydrogen) atoms. The first-order valence-corrected chi connectivity index (χ1v) is 12.9. The number of piperidine rings is 3. The average molecular weight is 478 g/mol. The predicted molar refractivity (Wildman–Crippen MR) is 131 cm³/mol. The van der Waals surface area contributed by atoms with Crippen molar-refractivity contribution >= 4 is 21.6 Å². The molecule has 3 aliphatic rings. The number of rotatable bonds is 6. The molecule has 3 heterocycles. The molecule has 0 spiro atoms. The third-order valence-electron chi connectivity index (χ3n) is 6.68. The first-order chi connectivity index (χ1) is 16.4. The number of anilines is 1. The van der Waals surface area contributed by atoms with E-state index < -0.39 is 10.0 Å². The van der Waals surface area contributed by atoms with Crippen LogP contribution in [0.5, 0.6) is 11.5 Å². The fourth-order valence-corrected chi connectivity index (χ4v) is 5.48. The number of ether oxygens (including phenoxy) is 1. The lowest BCUT2D eigenvalue weighted by molar-refractivity contribution is 0.0734. The molecule has 3 aromatic carbocycles. The third-order valence-corrected chi connectivity index (χ3v) is 7.59. The first-order valence-electron chi connectivity index (χ1n) is 11.4. The number of carbonyl (C=O) groups excluding carboxylic acids is 1. The van der Waals surface area contributed by atoms with Crippen LogP contribution in [0.3, 0.4) is 0 Å². The number of fused-ring (bicyclic) bond motifs is 3. The van der Waals surface area contributed by atoms with Gasteiger partial charge in [0.05, 0.1) is 10.9 Å². The Bertz CT molecular complexity index is 1270. The zero-order chi connectivity index (χ0) is 23.7. The quantitative estimate of drug-likeness (QED) is 0.582. The molecule has 0 aromatic heterocycles. The summed E-state index contributed by atoms with van der Waals surface area (Å²) < 4.78 is 29.0. The van der Waals surface area contributed by atoms with Gasteiger partial charge >= 0.3 is 0 Å². The van der Waals surface area contributed by atoms with Crippen LogP contribution in [-0.2, 0) is 10.0 Å². The molecule has 2 bridgehead atoms. The van der Waals surface area contributed by atoms with Crippen LogP contribution in [0.2, 0.25) is 0 Å². The Hall–Kier alpha value is -3.20. The highest BCUT2D eigenvalue weighted by Gasteiger charge is 2.40. The minimum Gasteiger partial charge on any atom is -0.457 e. The van der Waals surface area contributed by atoms with Crippen LogP contribution < -0.4 is 14.8 Å². The second-order valence-corrected chi connectivity index (χ2v) is 10.4. The summed E-state index contributed by atoms with van der Waals surface area (Å²) in [6, 6.07) is 23.0. The van der Waals surface area contributed by atoms with Crippen molar-refractivity contribution < 1.29 is 17.9 Å². The molecule has 1 amide bonds. The summed E-state index contributed by atoms with van der Waals surface area (Å²) in [5.41, 5.74) is 1.48. The zero-order valence-electron chi connectivity index (χ0n) is 18.7. The molecule has 0 aliphatic carbocycles. The number of hydrogen-bond acceptors (Lipinski definition) is 5. The Labute approximate surface area is 199 Å². The summed E-state index contributed by atoms with van der Waals surface area (Å²) in [7, 11) is -3.82. The van der Waals surface area contributed by atoms with Crippen LogP contribution in [0.25, 0.3) is 0 Å². The molecule has 8 heteroatoms. The van der Waals surface area contributed by atoms with Crippen molar-refractivity contribution in [3.8, 4) is 11.5 Å². The Balaban J connectivity index is 1.38. The Kier molecular flexibility index (Phi) is 6.12. The normalized spacial score (nSPS) is 21.7. The standard InChI is InChI=1S/C26H27N3O4S/c27-34(31,32)24-8-4-7-23(17-24)33-22-11-9-20(10-12-22)26(30)29(21-5-2-1-3-6-21)25-18-28-15-13-19(25)14-16-28/h1-12,17,19,25H,13-16,18H2,(H2,27,31,32)/t25-/m0/s1. The largest absolute Gasteiger partial charge is 0.457 e. The highest BCUT2D eigenvalue weighted by Crippen LogP contribution is 2.34. The summed E-state index contributed by atoms with van der Waals surface area (Å²) in [5, 5.41) is 5.20. The van der Waals surface area contributed by atoms with Crippen molar-refractivity contribution in [1.29, 1.82) is 0 Å². The van der Waals surface area contributed by atoms with Crippen LogP contribution >= 0.6 is 0 Å². The van der Waals surface area contributed by atoms with Gasteiger partial charge in [0.1, 0.15) is 11.5 Å². The predicted octanol–water partition coefficient (Wildman–Crippen LogP) is 3.87. The maximum Gasteiger partial charge on any atom is 0.258 e. The lowest BCUT2D eigenvalue weighted by atomic mass is 9.82. The van der Waals surface area contributed by atoms with Gasteiger partial charge in [-0.05, 0) is 80.4 Å². The fourth-order valence-electron chi connectivity index (χ4n) is 4.93. The summed E-state index contributed by atoms with van der Waals surface area (Å²) in [4.78, 5) is 18.1. The highest BCUT2D eigenvalue weighted by molar-refractivity contribution is 7.89. The number of para-hydroxylation sites is 1. The fraction of sp³-hybridized carbons (Fsp3) is 0.269. The molecular weight excluding hydrogens is 450 g/mol. The van der Waals surface area contributed by atoms with Crippen LogP contribution in [0.1, 0.15) is 23.2 Å². The van der Waals surface area contributed by atoms with Gasteiger partial charge in [0.15, 0.2) is 0 Å². The maximum atomic E-state index is 13.7. The first kappa shape index (κ1) is 22.6. The SMILES string of the molecule is NS(=O)(=O)c1cccc(Oc2ccc(C(=O)N(c3ccccc3)[C@H]3CN4CCC3CC4)cc2)c1. The van der Waals surface area contributed by atoms with Gasteiger partial charge in [-0.1, -0.05) is 24.3 Å². The van der Waals surface area contributed by atoms with E-state index >= 15 is 0 Å². The molecule has 6 rings (SSSR count). The molecule has 7 nitrogen and oxygen atoms in total. The monoisotopic (exact) mass is 477 g/mol. The number of sulfonamides is 1. The number of hydrogen-bond donors (Lipinski definition) is 1. The van der Waals surface area contributed by atoms with Gasteiger partial charge in [-0.15, -0.1) is 0 Å². The number of nitrogens with two attached hydrogens (primary N) is 1. The minimum absolute atomic E-state index is 0.0205. The van der Waals surface area contributed by atoms with Gasteiger partial charge in [-0.3, -0.25) is 4.79 Å². The summed E-state index contributed by atoms with van der Waals surface area (Å²) in [5.74, 6) is 1.32. The van der Waals surface area contributed by atoms with Gasteiger partial charge < -0.3 is 14.5 Å². The van der Waals surface area contributed by atoms with Crippen LogP contribution in [-0.4, -0.2) is 44.9 Å². The molecular formula is C26H27N3O4S. The molecule has 2 N–H and O–H groups in total. The van der Waals surface area contributed by atoms with E-state index in [-0.39, 0.29) is 16.8 Å². The number of carbonyl (C=O) groups is 1. The zero-order valence-corrected chi connectivity index (χ0v) is 19.5. The second-order valence-electron chi connectivity index (χ2n) is 8.86. The number of primary sulfonamides is 1. The van der Waals surface area contributed by atoms with E-state index in [1.165, 1.54) is 12.1 Å². The van der Waals surface area contributed by atoms with E-state index in [2.05, 4.69) is 4.90 Å². The van der Waals surface area contributed by atoms with Gasteiger partial charge in [-0.2, -0.15) is 0 Å². The molecule has 3 aromatic rings. The van der Waals surface area contributed by atoms with Gasteiger partial charge in [0.2, 0.25) is 10.0 Å². The van der Waals surface area contributed by atoms with Crippen molar-refractivity contribution in [3.05, 3.63) is 84.4 Å². The molecule has 0 saturated carbocycles. The summed E-state index contributed by atoms with van der Waals surface area (Å²) >= 11 is 0. The lowest BCUT2D eigenvalue weighted by Gasteiger charge is -2.49. The Morgan fingerprint density at radius 3 is 2.24 bits per heavy atom. The lowest BCUT2D eigenvalue weighted by Crippen LogP contribution is -2.59. The molecule has 176 valence electrons. The Morgan fingerprint density at radius 1 is 0.912 bits per heavy atom. The minimum atomic E-state index is -3.82. The molecule has 0 radical (unpaired) electrons. The average Bonchev–Trinajstić information content (AvgIpc) is 2.86. The van der Waals surface area contributed by atoms with E-state index in [0.717, 1.165) is 38.2 Å². The van der Waals surface area contributed by atoms with Crippen LogP contribution in [0, 0.1) is 5.92 Å². The van der Waals surface area contributed by atoms with Gasteiger partial charge in [-0.25, -0.2) is 13.6 Å². The Morgan fingerprint density at radius 2 is 1.62 bits per heavy atom.